The molecule has 0 aliphatic carbocycles. The van der Waals surface area contributed by atoms with E-state index >= 15 is 0 Å². The second kappa shape index (κ2) is 6.47. The van der Waals surface area contributed by atoms with Crippen LogP contribution in [0.1, 0.15) is 13.3 Å². The third-order valence-electron chi connectivity index (χ3n) is 5.05. The molecule has 0 saturated carbocycles. The summed E-state index contributed by atoms with van der Waals surface area (Å²) in [4.78, 5) is 14.5. The van der Waals surface area contributed by atoms with Gasteiger partial charge >= 0.3 is 0 Å². The molecule has 4 aromatic rings. The molecule has 0 atom stereocenters. The molecule has 0 bridgehead atoms. The summed E-state index contributed by atoms with van der Waals surface area (Å²) in [5, 5.41) is 6.59. The molecule has 0 aromatic heterocycles. The predicted octanol–water partition coefficient (Wildman–Crippen LogP) is 4.89. The zero-order valence-electron chi connectivity index (χ0n) is 14.4. The number of fused-ring (bicyclic) bond motifs is 2. The Morgan fingerprint density at radius 1 is 0.640 bits per heavy atom. The Hall–Kier alpha value is -2.42. The van der Waals surface area contributed by atoms with E-state index in [1.807, 2.05) is 36.4 Å². The van der Waals surface area contributed by atoms with Crippen molar-refractivity contribution in [3.8, 4) is 0 Å². The average molecular weight is 342 g/mol. The van der Waals surface area contributed by atoms with Crippen molar-refractivity contribution in [1.29, 1.82) is 0 Å². The molecule has 2 heteroatoms. The van der Waals surface area contributed by atoms with Crippen LogP contribution in [-0.2, 0) is 4.80 Å². The minimum Gasteiger partial charge on any atom is -0.285 e. The molecule has 0 aliphatic heterocycles. The maximum Gasteiger partial charge on any atom is 0.300 e. The van der Waals surface area contributed by atoms with Gasteiger partial charge in [-0.1, -0.05) is 98.3 Å². The normalized spacial score (nSPS) is 11.9. The third kappa shape index (κ3) is 2.68. The summed E-state index contributed by atoms with van der Waals surface area (Å²) in [5.74, 6) is 0. The van der Waals surface area contributed by atoms with Gasteiger partial charge in [0, 0.05) is 0 Å². The minimum atomic E-state index is -3.08. The van der Waals surface area contributed by atoms with Gasteiger partial charge in [-0.3, -0.25) is 4.80 Å². The minimum absolute atomic E-state index is 0.717. The molecule has 0 saturated heterocycles. The summed E-state index contributed by atoms with van der Waals surface area (Å²) in [6.07, 6.45) is 0.905. The van der Waals surface area contributed by atoms with E-state index in [4.69, 9.17) is 0 Å². The van der Waals surface area contributed by atoms with Crippen LogP contribution in [0.25, 0.3) is 21.5 Å². The van der Waals surface area contributed by atoms with Crippen LogP contribution in [0.2, 0.25) is 6.04 Å². The Morgan fingerprint density at radius 2 is 1.08 bits per heavy atom. The summed E-state index contributed by atoms with van der Waals surface area (Å²) in [7, 11) is -3.08. The predicted molar refractivity (Wildman–Crippen MR) is 109 cm³/mol. The molecule has 1 radical (unpaired) electrons. The van der Waals surface area contributed by atoms with Gasteiger partial charge in [-0.25, -0.2) is 0 Å². The first kappa shape index (κ1) is 16.1. The summed E-state index contributed by atoms with van der Waals surface area (Å²) in [6, 6.07) is 29.7. The molecule has 4 aromatic carbocycles. The van der Waals surface area contributed by atoms with E-state index in [1.165, 1.54) is 0 Å². The maximum atomic E-state index is 14.5. The molecule has 1 nitrogen and oxygen atoms in total. The Labute approximate surface area is 149 Å². The Balaban J connectivity index is 2.05. The lowest BCUT2D eigenvalue weighted by Gasteiger charge is -2.26. The molecule has 4 rings (SSSR count). The highest BCUT2D eigenvalue weighted by molar-refractivity contribution is 6.99. The fourth-order valence-electron chi connectivity index (χ4n) is 3.92. The van der Waals surface area contributed by atoms with Crippen molar-refractivity contribution in [2.24, 2.45) is 0 Å². The van der Waals surface area contributed by atoms with Crippen molar-refractivity contribution in [1.82, 2.24) is 0 Å². The second-order valence-corrected chi connectivity index (χ2v) is 9.86. The highest BCUT2D eigenvalue weighted by Crippen LogP contribution is 2.22. The molecule has 0 spiro atoms. The van der Waals surface area contributed by atoms with Crippen LogP contribution in [0.4, 0.5) is 0 Å². The SMILES string of the molecule is CCC[Si]([O])(c1cccc2ccccc12)c1cccc2ccccc12. The molecule has 0 fully saturated rings. The molecule has 0 unspecified atom stereocenters. The van der Waals surface area contributed by atoms with Gasteiger partial charge in [0.1, 0.15) is 0 Å². The molecule has 0 N–H and O–H groups in total. The van der Waals surface area contributed by atoms with Gasteiger partial charge in [-0.2, -0.15) is 0 Å². The Kier molecular flexibility index (Phi) is 4.16. The van der Waals surface area contributed by atoms with E-state index in [0.29, 0.717) is 0 Å². The molecular weight excluding hydrogens is 320 g/mol. The third-order valence-corrected chi connectivity index (χ3v) is 8.87. The summed E-state index contributed by atoms with van der Waals surface area (Å²) in [5.41, 5.74) is 0. The molecule has 123 valence electrons. The lowest BCUT2D eigenvalue weighted by molar-refractivity contribution is 0.441. The van der Waals surface area contributed by atoms with Crippen LogP contribution in [0, 0.1) is 0 Å². The number of rotatable bonds is 4. The van der Waals surface area contributed by atoms with Crippen molar-refractivity contribution >= 4 is 40.2 Å². The first-order chi connectivity index (χ1) is 12.2. The number of hydrogen-bond donors (Lipinski definition) is 0. The van der Waals surface area contributed by atoms with Crippen LogP contribution in [-0.4, -0.2) is 8.32 Å². The lowest BCUT2D eigenvalue weighted by atomic mass is 10.1. The van der Waals surface area contributed by atoms with Gasteiger partial charge in [0.25, 0.3) is 8.32 Å². The second-order valence-electron chi connectivity index (χ2n) is 6.63. The average Bonchev–Trinajstić information content (AvgIpc) is 2.67. The number of benzene rings is 4. The van der Waals surface area contributed by atoms with Crippen molar-refractivity contribution in [2.45, 2.75) is 19.4 Å². The van der Waals surface area contributed by atoms with Crippen molar-refractivity contribution < 1.29 is 4.80 Å². The van der Waals surface area contributed by atoms with E-state index in [2.05, 4.69) is 55.5 Å². The zero-order chi connectivity index (χ0) is 17.3. The van der Waals surface area contributed by atoms with Crippen LogP contribution < -0.4 is 10.4 Å². The summed E-state index contributed by atoms with van der Waals surface area (Å²) >= 11 is 0. The molecule has 25 heavy (non-hydrogen) atoms. The highest BCUT2D eigenvalue weighted by Gasteiger charge is 2.39. The van der Waals surface area contributed by atoms with E-state index in [-0.39, 0.29) is 0 Å². The summed E-state index contributed by atoms with van der Waals surface area (Å²) < 4.78 is 0. The smallest absolute Gasteiger partial charge is 0.285 e. The van der Waals surface area contributed by atoms with Gasteiger partial charge in [0.15, 0.2) is 0 Å². The van der Waals surface area contributed by atoms with Crippen molar-refractivity contribution in [3.63, 3.8) is 0 Å². The van der Waals surface area contributed by atoms with Crippen molar-refractivity contribution in [3.05, 3.63) is 84.9 Å². The van der Waals surface area contributed by atoms with Gasteiger partial charge in [0.05, 0.1) is 0 Å². The van der Waals surface area contributed by atoms with Gasteiger partial charge in [-0.15, -0.1) is 0 Å². The lowest BCUT2D eigenvalue weighted by Crippen LogP contribution is -2.57. The molecule has 0 amide bonds. The van der Waals surface area contributed by atoms with Crippen LogP contribution in [0.15, 0.2) is 84.9 Å². The Bertz CT molecular complexity index is 948. The van der Waals surface area contributed by atoms with E-state index < -0.39 is 8.32 Å². The van der Waals surface area contributed by atoms with E-state index in [0.717, 1.165) is 44.4 Å². The largest absolute Gasteiger partial charge is 0.300 e. The van der Waals surface area contributed by atoms with E-state index in [9.17, 15) is 4.80 Å². The van der Waals surface area contributed by atoms with Gasteiger partial charge in [-0.05, 0) is 38.0 Å². The molecule has 0 heterocycles. The van der Waals surface area contributed by atoms with Gasteiger partial charge < -0.3 is 0 Å². The van der Waals surface area contributed by atoms with E-state index in [1.54, 1.807) is 0 Å². The van der Waals surface area contributed by atoms with Crippen LogP contribution in [0.3, 0.4) is 0 Å². The molecular formula is C23H21OSi. The van der Waals surface area contributed by atoms with Crippen molar-refractivity contribution in [2.75, 3.05) is 0 Å². The molecule has 0 aliphatic rings. The monoisotopic (exact) mass is 341 g/mol. The topological polar surface area (TPSA) is 19.9 Å². The quantitative estimate of drug-likeness (QED) is 0.471. The first-order valence-electron chi connectivity index (χ1n) is 8.91. The van der Waals surface area contributed by atoms with Crippen LogP contribution >= 0.6 is 0 Å². The first-order valence-corrected chi connectivity index (χ1v) is 11.0. The van der Waals surface area contributed by atoms with Crippen LogP contribution in [0.5, 0.6) is 0 Å². The fourth-order valence-corrected chi connectivity index (χ4v) is 7.51. The standard InChI is InChI=1S/C23H21OSi/c1-2-17-25(24,22-15-7-11-18-9-3-5-13-20(18)22)23-16-8-12-19-10-4-6-14-21(19)23/h3-16H,2,17H2,1H3. The highest BCUT2D eigenvalue weighted by atomic mass is 28.4. The summed E-state index contributed by atoms with van der Waals surface area (Å²) in [6.45, 7) is 2.12. The van der Waals surface area contributed by atoms with Gasteiger partial charge in [0.2, 0.25) is 0 Å². The maximum absolute atomic E-state index is 14.5. The fraction of sp³-hybridized carbons (Fsp3) is 0.130. The zero-order valence-corrected chi connectivity index (χ0v) is 15.4. The Morgan fingerprint density at radius 3 is 1.56 bits per heavy atom. The number of hydrogen-bond acceptors (Lipinski definition) is 0.